The molecule has 0 aliphatic carbocycles. The molecular weight excluding hydrogens is 891 g/mol. The maximum Gasteiger partial charge on any atom is 0.329 e. The predicted molar refractivity (Wildman–Crippen MR) is 260 cm³/mol. The van der Waals surface area contributed by atoms with E-state index in [1.54, 1.807) is 70.5 Å². The molecule has 0 saturated carbocycles. The zero-order chi connectivity index (χ0) is 49.4. The lowest BCUT2D eigenvalue weighted by molar-refractivity contribution is -0.164. The van der Waals surface area contributed by atoms with Crippen molar-refractivity contribution in [1.29, 1.82) is 0 Å². The third-order valence-electron chi connectivity index (χ3n) is 12.6. The number of methoxy groups -OCH3 is 2. The van der Waals surface area contributed by atoms with Crippen molar-refractivity contribution in [2.45, 2.75) is 115 Å². The SMILES string of the molecule is CCC(C)(C)C(=O)C(=O)N1CCCC[C@H]1C(=O)O[C@H](CCc1ccc(OC)c(OC)c1)c1cccc(OCC(=O)NCCCCCNC(=O)c2cccc(NC(=O)[C@@H]3C[C@H](S)CN3C(C)=O)c2)c1. The van der Waals surface area contributed by atoms with Gasteiger partial charge in [-0.3, -0.25) is 28.8 Å². The normalized spacial score (nSPS) is 17.4. The number of ketones is 1. The van der Waals surface area contributed by atoms with Crippen LogP contribution in [0.25, 0.3) is 0 Å². The molecule has 68 heavy (non-hydrogen) atoms. The second-order valence-electron chi connectivity index (χ2n) is 17.9. The van der Waals surface area contributed by atoms with Crippen LogP contribution in [0.3, 0.4) is 0 Å². The van der Waals surface area contributed by atoms with Crippen molar-refractivity contribution in [3.63, 3.8) is 0 Å². The van der Waals surface area contributed by atoms with Crippen LogP contribution in [-0.2, 0) is 39.9 Å². The van der Waals surface area contributed by atoms with Crippen LogP contribution >= 0.6 is 12.6 Å². The van der Waals surface area contributed by atoms with Crippen molar-refractivity contribution < 1.29 is 52.5 Å². The van der Waals surface area contributed by atoms with Crippen LogP contribution < -0.4 is 30.2 Å². The number of thiol groups is 1. The van der Waals surface area contributed by atoms with Crippen LogP contribution in [0, 0.1) is 5.41 Å². The minimum atomic E-state index is -0.907. The van der Waals surface area contributed by atoms with Gasteiger partial charge in [-0.05, 0) is 118 Å². The van der Waals surface area contributed by atoms with Crippen molar-refractivity contribution in [2.75, 3.05) is 52.3 Å². The number of unbranched alkanes of at least 4 members (excludes halogenated alkanes) is 2. The molecule has 0 bridgehead atoms. The number of esters is 1. The summed E-state index contributed by atoms with van der Waals surface area (Å²) in [5.41, 5.74) is 1.53. The van der Waals surface area contributed by atoms with Crippen LogP contribution in [0.1, 0.15) is 113 Å². The standard InChI is InChI=1S/C51H67N5O11S/c1-7-51(3,4)46(59)49(62)55-26-12-9-19-40(55)50(63)67-42(22-20-34-21-23-43(64-5)44(27-34)65-6)35-15-14-18-38(29-35)66-32-45(58)52-24-10-8-11-25-53-47(60)36-16-13-17-37(28-36)54-48(61)41-30-39(68)31-56(41)33(2)57/h13-18,21,23,27-29,39-42,68H,7-12,19-20,22,24-26,30-32H2,1-6H3,(H,52,58)(H,53,60)(H,54,61)/t39-,40-,41-,42+/m0/s1. The number of nitrogens with zero attached hydrogens (tertiary/aromatic N) is 2. The summed E-state index contributed by atoms with van der Waals surface area (Å²) in [5.74, 6) is -1.35. The number of anilines is 1. The van der Waals surface area contributed by atoms with Gasteiger partial charge in [0.2, 0.25) is 17.6 Å². The first kappa shape index (κ1) is 52.9. The highest BCUT2D eigenvalue weighted by Crippen LogP contribution is 2.33. The quantitative estimate of drug-likeness (QED) is 0.0362. The number of carbonyl (C=O) groups excluding carboxylic acids is 7. The van der Waals surface area contributed by atoms with E-state index in [9.17, 15) is 33.6 Å². The molecule has 2 aliphatic rings. The van der Waals surface area contributed by atoms with E-state index in [1.165, 1.54) is 16.7 Å². The molecule has 5 rings (SSSR count). The number of hydrogen-bond acceptors (Lipinski definition) is 12. The Bertz CT molecular complexity index is 2270. The van der Waals surface area contributed by atoms with Crippen LogP contribution in [0.5, 0.6) is 17.2 Å². The minimum absolute atomic E-state index is 0.0808. The lowest BCUT2D eigenvalue weighted by Crippen LogP contribution is -2.53. The maximum atomic E-state index is 14.0. The fraction of sp³-hybridized carbons (Fsp3) is 0.510. The molecule has 3 N–H and O–H groups in total. The zero-order valence-corrected chi connectivity index (χ0v) is 41.0. The average Bonchev–Trinajstić information content (AvgIpc) is 3.75. The summed E-state index contributed by atoms with van der Waals surface area (Å²) in [5, 5.41) is 8.50. The molecule has 0 spiro atoms. The van der Waals surface area contributed by atoms with Crippen molar-refractivity contribution in [2.24, 2.45) is 5.41 Å². The van der Waals surface area contributed by atoms with Gasteiger partial charge in [-0.1, -0.05) is 45.0 Å². The zero-order valence-electron chi connectivity index (χ0n) is 40.1. The number of nitrogens with one attached hydrogen (secondary N) is 3. The predicted octanol–water partition coefficient (Wildman–Crippen LogP) is 6.26. The lowest BCUT2D eigenvalue weighted by atomic mass is 9.84. The number of ether oxygens (including phenoxy) is 4. The first-order valence-corrected chi connectivity index (χ1v) is 24.0. The Morgan fingerprint density at radius 3 is 2.29 bits per heavy atom. The Morgan fingerprint density at radius 2 is 1.57 bits per heavy atom. The molecule has 368 valence electrons. The molecule has 3 aromatic carbocycles. The molecule has 4 atom stereocenters. The van der Waals surface area contributed by atoms with Gasteiger partial charge in [-0.15, -0.1) is 0 Å². The first-order chi connectivity index (χ1) is 32.5. The molecule has 2 fully saturated rings. The van der Waals surface area contributed by atoms with E-state index in [0.717, 1.165) is 12.0 Å². The Hall–Kier alpha value is -6.10. The molecule has 16 nitrogen and oxygen atoms in total. The third-order valence-corrected chi connectivity index (χ3v) is 12.9. The smallest absolute Gasteiger partial charge is 0.329 e. The molecule has 0 aromatic heterocycles. The third kappa shape index (κ3) is 14.7. The van der Waals surface area contributed by atoms with Crippen molar-refractivity contribution >= 4 is 59.6 Å². The van der Waals surface area contributed by atoms with Crippen LogP contribution in [0.15, 0.2) is 66.7 Å². The highest BCUT2D eigenvalue weighted by Gasteiger charge is 2.41. The lowest BCUT2D eigenvalue weighted by Gasteiger charge is -2.36. The maximum absolute atomic E-state index is 14.0. The number of carbonyl (C=O) groups is 7. The van der Waals surface area contributed by atoms with Gasteiger partial charge in [0.05, 0.1) is 14.2 Å². The molecule has 2 aliphatic heterocycles. The fourth-order valence-corrected chi connectivity index (χ4v) is 8.56. The number of piperidine rings is 1. The molecular formula is C51H67N5O11S. The van der Waals surface area contributed by atoms with Gasteiger partial charge in [0.15, 0.2) is 18.1 Å². The van der Waals surface area contributed by atoms with Gasteiger partial charge < -0.3 is 44.7 Å². The number of likely N-dealkylation sites (tertiary alicyclic amines) is 2. The summed E-state index contributed by atoms with van der Waals surface area (Å²) in [7, 11) is 3.12. The Labute approximate surface area is 404 Å². The highest BCUT2D eigenvalue weighted by molar-refractivity contribution is 7.81. The van der Waals surface area contributed by atoms with E-state index in [4.69, 9.17) is 18.9 Å². The average molecular weight is 958 g/mol. The van der Waals surface area contributed by atoms with Gasteiger partial charge in [0.25, 0.3) is 17.7 Å². The second kappa shape index (κ2) is 25.3. The molecule has 17 heteroatoms. The Balaban J connectivity index is 1.10. The highest BCUT2D eigenvalue weighted by atomic mass is 32.1. The van der Waals surface area contributed by atoms with Gasteiger partial charge in [-0.25, -0.2) is 4.79 Å². The number of aryl methyl sites for hydroxylation is 1. The summed E-state index contributed by atoms with van der Waals surface area (Å²) in [6.07, 6.45) is 4.88. The Kier molecular flexibility index (Phi) is 19.7. The summed E-state index contributed by atoms with van der Waals surface area (Å²) in [6.45, 7) is 8.01. The number of hydrogen-bond donors (Lipinski definition) is 4. The summed E-state index contributed by atoms with van der Waals surface area (Å²) in [6, 6.07) is 17.7. The fourth-order valence-electron chi connectivity index (χ4n) is 8.18. The van der Waals surface area contributed by atoms with E-state index in [-0.39, 0.29) is 42.0 Å². The molecule has 2 saturated heterocycles. The van der Waals surface area contributed by atoms with Crippen molar-refractivity contribution in [3.05, 3.63) is 83.4 Å². The molecule has 5 amide bonds. The topological polar surface area (TPSA) is 199 Å². The molecule has 3 aromatic rings. The molecule has 0 unspecified atom stereocenters. The van der Waals surface area contributed by atoms with E-state index in [0.29, 0.717) is 111 Å². The molecule has 0 radical (unpaired) electrons. The van der Waals surface area contributed by atoms with Gasteiger partial charge in [-0.2, -0.15) is 12.6 Å². The van der Waals surface area contributed by atoms with E-state index < -0.39 is 41.3 Å². The second-order valence-corrected chi connectivity index (χ2v) is 18.6. The number of Topliss-reactive ketones (excluding diaryl/α,β-unsaturated/α-hetero) is 1. The van der Waals surface area contributed by atoms with Crippen LogP contribution in [0.2, 0.25) is 0 Å². The summed E-state index contributed by atoms with van der Waals surface area (Å²) >= 11 is 4.44. The summed E-state index contributed by atoms with van der Waals surface area (Å²) < 4.78 is 23.0. The van der Waals surface area contributed by atoms with Crippen molar-refractivity contribution in [1.82, 2.24) is 20.4 Å². The van der Waals surface area contributed by atoms with Crippen LogP contribution in [-0.4, -0.2) is 115 Å². The number of amides is 5. The van der Waals surface area contributed by atoms with E-state index in [1.807, 2.05) is 31.2 Å². The van der Waals surface area contributed by atoms with Gasteiger partial charge in [0.1, 0.15) is 23.9 Å². The molecule has 2 heterocycles. The minimum Gasteiger partial charge on any atom is -0.493 e. The van der Waals surface area contributed by atoms with Gasteiger partial charge in [0, 0.05) is 55.0 Å². The van der Waals surface area contributed by atoms with Crippen LogP contribution in [0.4, 0.5) is 5.69 Å². The first-order valence-electron chi connectivity index (χ1n) is 23.5. The van der Waals surface area contributed by atoms with Gasteiger partial charge >= 0.3 is 5.97 Å². The van der Waals surface area contributed by atoms with Crippen molar-refractivity contribution in [3.8, 4) is 17.2 Å². The number of rotatable bonds is 23. The monoisotopic (exact) mass is 957 g/mol. The van der Waals surface area contributed by atoms with E-state index >= 15 is 0 Å². The summed E-state index contributed by atoms with van der Waals surface area (Å²) in [4.78, 5) is 94.3. The Morgan fingerprint density at radius 1 is 0.838 bits per heavy atom. The van der Waals surface area contributed by atoms with E-state index in [2.05, 4.69) is 28.6 Å². The number of benzene rings is 3. The largest absolute Gasteiger partial charge is 0.493 e.